The molecule has 1 N–H and O–H groups in total. The van der Waals surface area contributed by atoms with Gasteiger partial charge in [-0.05, 0) is 13.0 Å². The van der Waals surface area contributed by atoms with Crippen LogP contribution in [0.4, 0.5) is 0 Å². The van der Waals surface area contributed by atoms with Crippen molar-refractivity contribution in [3.8, 4) is 5.88 Å². The summed E-state index contributed by atoms with van der Waals surface area (Å²) in [5.74, 6) is 0.538. The highest BCUT2D eigenvalue weighted by Crippen LogP contribution is 2.03. The minimum atomic E-state index is 0.499. The Bertz CT molecular complexity index is 248. The number of aromatic nitrogens is 2. The van der Waals surface area contributed by atoms with Gasteiger partial charge in [0.25, 0.3) is 0 Å². The SMILES string of the molecule is CCCNCc1cnc(OCCOC)cn1. The lowest BCUT2D eigenvalue weighted by molar-refractivity contribution is 0.143. The molecule has 5 nitrogen and oxygen atoms in total. The van der Waals surface area contributed by atoms with Gasteiger partial charge >= 0.3 is 0 Å². The van der Waals surface area contributed by atoms with Crippen molar-refractivity contribution in [2.24, 2.45) is 0 Å². The van der Waals surface area contributed by atoms with Crippen LogP contribution >= 0.6 is 0 Å². The van der Waals surface area contributed by atoms with E-state index in [1.54, 1.807) is 19.5 Å². The Balaban J connectivity index is 2.30. The van der Waals surface area contributed by atoms with Gasteiger partial charge in [-0.25, -0.2) is 4.98 Å². The van der Waals surface area contributed by atoms with Gasteiger partial charge in [-0.1, -0.05) is 6.92 Å². The highest BCUT2D eigenvalue weighted by molar-refractivity contribution is 5.06. The van der Waals surface area contributed by atoms with Gasteiger partial charge in [-0.2, -0.15) is 0 Å². The van der Waals surface area contributed by atoms with E-state index in [0.29, 0.717) is 19.1 Å². The highest BCUT2D eigenvalue weighted by atomic mass is 16.5. The molecule has 1 rings (SSSR count). The van der Waals surface area contributed by atoms with Gasteiger partial charge in [0.15, 0.2) is 0 Å². The number of hydrogen-bond donors (Lipinski definition) is 1. The fourth-order valence-corrected chi connectivity index (χ4v) is 1.13. The van der Waals surface area contributed by atoms with E-state index in [1.807, 2.05) is 0 Å². The number of methoxy groups -OCH3 is 1. The monoisotopic (exact) mass is 225 g/mol. The molecule has 0 radical (unpaired) electrons. The lowest BCUT2D eigenvalue weighted by Crippen LogP contribution is -2.15. The molecule has 1 aromatic rings. The summed E-state index contributed by atoms with van der Waals surface area (Å²) >= 11 is 0. The normalized spacial score (nSPS) is 10.4. The molecule has 0 amide bonds. The molecule has 0 aromatic carbocycles. The number of nitrogens with one attached hydrogen (secondary N) is 1. The van der Waals surface area contributed by atoms with E-state index >= 15 is 0 Å². The van der Waals surface area contributed by atoms with E-state index in [4.69, 9.17) is 9.47 Å². The minimum absolute atomic E-state index is 0.499. The quantitative estimate of drug-likeness (QED) is 0.669. The van der Waals surface area contributed by atoms with Crippen LogP contribution in [-0.2, 0) is 11.3 Å². The van der Waals surface area contributed by atoms with E-state index in [0.717, 1.165) is 25.2 Å². The highest BCUT2D eigenvalue weighted by Gasteiger charge is 1.97. The van der Waals surface area contributed by atoms with Crippen LogP contribution in [0, 0.1) is 0 Å². The first kappa shape index (κ1) is 12.9. The zero-order valence-corrected chi connectivity index (χ0v) is 9.90. The first-order chi connectivity index (χ1) is 7.86. The fraction of sp³-hybridized carbons (Fsp3) is 0.636. The Kier molecular flexibility index (Phi) is 6.44. The van der Waals surface area contributed by atoms with Crippen LogP contribution in [0.3, 0.4) is 0 Å². The Morgan fingerprint density at radius 2 is 2.12 bits per heavy atom. The topological polar surface area (TPSA) is 56.3 Å². The fourth-order valence-electron chi connectivity index (χ4n) is 1.13. The number of ether oxygens (including phenoxy) is 2. The van der Waals surface area contributed by atoms with Crippen LogP contribution in [0.1, 0.15) is 19.0 Å². The average Bonchev–Trinajstić information content (AvgIpc) is 2.32. The maximum Gasteiger partial charge on any atom is 0.232 e. The second-order valence-electron chi connectivity index (χ2n) is 3.36. The second-order valence-corrected chi connectivity index (χ2v) is 3.36. The van der Waals surface area contributed by atoms with Crippen LogP contribution in [-0.4, -0.2) is 36.8 Å². The molecule has 5 heteroatoms. The van der Waals surface area contributed by atoms with Crippen molar-refractivity contribution in [1.29, 1.82) is 0 Å². The predicted molar refractivity (Wildman–Crippen MR) is 61.4 cm³/mol. The number of nitrogens with zero attached hydrogens (tertiary/aromatic N) is 2. The van der Waals surface area contributed by atoms with Crippen LogP contribution in [0.15, 0.2) is 12.4 Å². The largest absolute Gasteiger partial charge is 0.474 e. The average molecular weight is 225 g/mol. The molecule has 0 spiro atoms. The Labute approximate surface area is 96.2 Å². The molecule has 0 aliphatic rings. The zero-order valence-electron chi connectivity index (χ0n) is 9.90. The molecule has 0 aliphatic carbocycles. The molecule has 1 aromatic heterocycles. The lowest BCUT2D eigenvalue weighted by atomic mass is 10.4. The van der Waals surface area contributed by atoms with Gasteiger partial charge in [0.1, 0.15) is 6.61 Å². The number of hydrogen-bond acceptors (Lipinski definition) is 5. The van der Waals surface area contributed by atoms with Gasteiger partial charge in [0, 0.05) is 13.7 Å². The van der Waals surface area contributed by atoms with Crippen molar-refractivity contribution in [2.45, 2.75) is 19.9 Å². The van der Waals surface area contributed by atoms with Crippen molar-refractivity contribution in [1.82, 2.24) is 15.3 Å². The molecule has 0 fully saturated rings. The smallest absolute Gasteiger partial charge is 0.232 e. The summed E-state index contributed by atoms with van der Waals surface area (Å²) in [5, 5.41) is 3.26. The van der Waals surface area contributed by atoms with E-state index in [2.05, 4.69) is 22.2 Å². The first-order valence-electron chi connectivity index (χ1n) is 5.50. The van der Waals surface area contributed by atoms with Crippen LogP contribution < -0.4 is 10.1 Å². The third kappa shape index (κ3) is 5.04. The summed E-state index contributed by atoms with van der Waals surface area (Å²) in [6.07, 6.45) is 4.48. The summed E-state index contributed by atoms with van der Waals surface area (Å²) in [6, 6.07) is 0. The van der Waals surface area contributed by atoms with Crippen molar-refractivity contribution in [3.05, 3.63) is 18.1 Å². The van der Waals surface area contributed by atoms with E-state index in [9.17, 15) is 0 Å². The maximum atomic E-state index is 5.31. The summed E-state index contributed by atoms with van der Waals surface area (Å²) in [4.78, 5) is 8.39. The Morgan fingerprint density at radius 3 is 2.75 bits per heavy atom. The van der Waals surface area contributed by atoms with E-state index in [-0.39, 0.29) is 0 Å². The molecular formula is C11H19N3O2. The molecule has 90 valence electrons. The first-order valence-corrected chi connectivity index (χ1v) is 5.50. The molecule has 0 unspecified atom stereocenters. The predicted octanol–water partition coefficient (Wildman–Crippen LogP) is 1.00. The molecular weight excluding hydrogens is 206 g/mol. The van der Waals surface area contributed by atoms with Gasteiger partial charge < -0.3 is 14.8 Å². The van der Waals surface area contributed by atoms with Gasteiger partial charge in [0.05, 0.1) is 24.7 Å². The zero-order chi connectivity index (χ0) is 11.6. The Hall–Kier alpha value is -1.20. The summed E-state index contributed by atoms with van der Waals surface area (Å²) < 4.78 is 10.2. The van der Waals surface area contributed by atoms with E-state index < -0.39 is 0 Å². The maximum absolute atomic E-state index is 5.31. The standard InChI is InChI=1S/C11H19N3O2/c1-3-4-12-7-10-8-14-11(9-13-10)16-6-5-15-2/h8-9,12H,3-7H2,1-2H3. The third-order valence-electron chi connectivity index (χ3n) is 1.95. The summed E-state index contributed by atoms with van der Waals surface area (Å²) in [5.41, 5.74) is 0.924. The molecule has 16 heavy (non-hydrogen) atoms. The molecule has 1 heterocycles. The van der Waals surface area contributed by atoms with Crippen LogP contribution in [0.5, 0.6) is 5.88 Å². The lowest BCUT2D eigenvalue weighted by Gasteiger charge is -2.05. The molecule has 0 atom stereocenters. The molecule has 0 saturated heterocycles. The van der Waals surface area contributed by atoms with Gasteiger partial charge in [0.2, 0.25) is 5.88 Å². The van der Waals surface area contributed by atoms with Crippen molar-refractivity contribution >= 4 is 0 Å². The summed E-state index contributed by atoms with van der Waals surface area (Å²) in [7, 11) is 1.64. The molecule has 0 aliphatic heterocycles. The molecule has 0 saturated carbocycles. The summed E-state index contributed by atoms with van der Waals surface area (Å²) in [6.45, 7) is 4.93. The van der Waals surface area contributed by atoms with Crippen molar-refractivity contribution in [2.75, 3.05) is 26.9 Å². The van der Waals surface area contributed by atoms with Gasteiger partial charge in [-0.15, -0.1) is 0 Å². The van der Waals surface area contributed by atoms with Crippen LogP contribution in [0.2, 0.25) is 0 Å². The van der Waals surface area contributed by atoms with Crippen molar-refractivity contribution in [3.63, 3.8) is 0 Å². The number of rotatable bonds is 8. The third-order valence-corrected chi connectivity index (χ3v) is 1.95. The van der Waals surface area contributed by atoms with Gasteiger partial charge in [-0.3, -0.25) is 4.98 Å². The second kappa shape index (κ2) is 8.01. The van der Waals surface area contributed by atoms with Crippen molar-refractivity contribution < 1.29 is 9.47 Å². The minimum Gasteiger partial charge on any atom is -0.474 e. The van der Waals surface area contributed by atoms with Crippen LogP contribution in [0.25, 0.3) is 0 Å². The Morgan fingerprint density at radius 1 is 1.25 bits per heavy atom. The molecule has 0 bridgehead atoms. The van der Waals surface area contributed by atoms with E-state index in [1.165, 1.54) is 0 Å².